The zero-order valence-corrected chi connectivity index (χ0v) is 18.2. The molecule has 0 N–H and O–H groups in total. The molecule has 1 atom stereocenters. The SMILES string of the molecule is CCc1ccc(CN(C(=O)COc2ccc(C)c(C)c2)[C@H]2CCS(=O)(=O)C2)cc1. The van der Waals surface area contributed by atoms with Crippen molar-refractivity contribution in [2.45, 2.75) is 46.2 Å². The van der Waals surface area contributed by atoms with E-state index in [1.807, 2.05) is 44.2 Å². The van der Waals surface area contributed by atoms with Crippen LogP contribution in [0.5, 0.6) is 5.75 Å². The fourth-order valence-electron chi connectivity index (χ4n) is 3.55. The van der Waals surface area contributed by atoms with E-state index in [-0.39, 0.29) is 30.1 Å². The molecule has 5 nitrogen and oxygen atoms in total. The highest BCUT2D eigenvalue weighted by Crippen LogP contribution is 2.22. The summed E-state index contributed by atoms with van der Waals surface area (Å²) in [7, 11) is -3.09. The van der Waals surface area contributed by atoms with Gasteiger partial charge in [0.1, 0.15) is 5.75 Å². The van der Waals surface area contributed by atoms with Crippen molar-refractivity contribution in [2.24, 2.45) is 0 Å². The van der Waals surface area contributed by atoms with Crippen LogP contribution in [0.15, 0.2) is 42.5 Å². The second kappa shape index (κ2) is 8.99. The van der Waals surface area contributed by atoms with Crippen molar-refractivity contribution in [3.05, 3.63) is 64.7 Å². The average Bonchev–Trinajstić information content (AvgIpc) is 3.06. The normalized spacial score (nSPS) is 17.8. The molecule has 0 saturated carbocycles. The Labute approximate surface area is 173 Å². The van der Waals surface area contributed by atoms with Crippen molar-refractivity contribution < 1.29 is 17.9 Å². The summed E-state index contributed by atoms with van der Waals surface area (Å²) in [5.74, 6) is 0.613. The van der Waals surface area contributed by atoms with Crippen LogP contribution in [0, 0.1) is 13.8 Å². The number of hydrogen-bond donors (Lipinski definition) is 0. The zero-order valence-electron chi connectivity index (χ0n) is 17.3. The Balaban J connectivity index is 1.73. The van der Waals surface area contributed by atoms with Crippen LogP contribution in [-0.4, -0.2) is 43.4 Å². The number of amides is 1. The second-order valence-corrected chi connectivity index (χ2v) is 10.0. The van der Waals surface area contributed by atoms with Crippen molar-refractivity contribution in [1.29, 1.82) is 0 Å². The first-order valence-electron chi connectivity index (χ1n) is 10.0. The molecule has 2 aromatic rings. The number of hydrogen-bond acceptors (Lipinski definition) is 4. The number of carbonyl (C=O) groups is 1. The summed E-state index contributed by atoms with van der Waals surface area (Å²) in [5.41, 5.74) is 4.49. The van der Waals surface area contributed by atoms with Crippen molar-refractivity contribution in [1.82, 2.24) is 4.90 Å². The van der Waals surface area contributed by atoms with E-state index in [1.54, 1.807) is 4.90 Å². The number of carbonyl (C=O) groups excluding carboxylic acids is 1. The molecule has 29 heavy (non-hydrogen) atoms. The van der Waals surface area contributed by atoms with Crippen LogP contribution in [-0.2, 0) is 27.6 Å². The molecule has 1 saturated heterocycles. The van der Waals surface area contributed by atoms with Crippen LogP contribution in [0.2, 0.25) is 0 Å². The Hall–Kier alpha value is -2.34. The highest BCUT2D eigenvalue weighted by atomic mass is 32.2. The molecule has 2 aromatic carbocycles. The summed E-state index contributed by atoms with van der Waals surface area (Å²) >= 11 is 0. The predicted molar refractivity (Wildman–Crippen MR) is 115 cm³/mol. The van der Waals surface area contributed by atoms with Crippen LogP contribution in [0.3, 0.4) is 0 Å². The molecule has 0 bridgehead atoms. The molecule has 1 heterocycles. The van der Waals surface area contributed by atoms with Gasteiger partial charge in [-0.05, 0) is 61.1 Å². The molecular weight excluding hydrogens is 386 g/mol. The molecule has 156 valence electrons. The van der Waals surface area contributed by atoms with Crippen LogP contribution < -0.4 is 4.74 Å². The van der Waals surface area contributed by atoms with Gasteiger partial charge in [-0.1, -0.05) is 37.3 Å². The predicted octanol–water partition coefficient (Wildman–Crippen LogP) is 3.46. The Morgan fingerprint density at radius 3 is 2.34 bits per heavy atom. The van der Waals surface area contributed by atoms with Gasteiger partial charge in [0.05, 0.1) is 11.5 Å². The van der Waals surface area contributed by atoms with Gasteiger partial charge >= 0.3 is 0 Å². The highest BCUT2D eigenvalue weighted by Gasteiger charge is 2.34. The smallest absolute Gasteiger partial charge is 0.261 e. The molecule has 3 rings (SSSR count). The van der Waals surface area contributed by atoms with Gasteiger partial charge in [0.25, 0.3) is 5.91 Å². The van der Waals surface area contributed by atoms with Crippen LogP contribution >= 0.6 is 0 Å². The maximum absolute atomic E-state index is 13.0. The summed E-state index contributed by atoms with van der Waals surface area (Å²) in [6, 6.07) is 13.5. The number of aryl methyl sites for hydroxylation is 3. The van der Waals surface area contributed by atoms with Crippen LogP contribution in [0.25, 0.3) is 0 Å². The van der Waals surface area contributed by atoms with Crippen LogP contribution in [0.4, 0.5) is 0 Å². The third-order valence-corrected chi connectivity index (χ3v) is 7.34. The van der Waals surface area contributed by atoms with E-state index in [0.29, 0.717) is 18.7 Å². The molecule has 1 fully saturated rings. The Kier molecular flexibility index (Phi) is 6.63. The third-order valence-electron chi connectivity index (χ3n) is 5.59. The maximum atomic E-state index is 13.0. The summed E-state index contributed by atoms with van der Waals surface area (Å²) in [5, 5.41) is 0. The number of ether oxygens (including phenoxy) is 1. The quantitative estimate of drug-likeness (QED) is 0.695. The van der Waals surface area contributed by atoms with Crippen molar-refractivity contribution in [2.75, 3.05) is 18.1 Å². The minimum Gasteiger partial charge on any atom is -0.484 e. The third kappa shape index (κ3) is 5.60. The summed E-state index contributed by atoms with van der Waals surface area (Å²) in [6.45, 7) is 6.40. The van der Waals surface area contributed by atoms with Crippen molar-refractivity contribution in [3.8, 4) is 5.75 Å². The molecule has 1 aliphatic rings. The Morgan fingerprint density at radius 2 is 1.76 bits per heavy atom. The van der Waals surface area contributed by atoms with Crippen molar-refractivity contribution >= 4 is 15.7 Å². The molecule has 0 aliphatic carbocycles. The van der Waals surface area contributed by atoms with E-state index >= 15 is 0 Å². The molecule has 1 aliphatic heterocycles. The van der Waals surface area contributed by atoms with E-state index in [1.165, 1.54) is 5.56 Å². The van der Waals surface area contributed by atoms with E-state index in [9.17, 15) is 13.2 Å². The van der Waals surface area contributed by atoms with Gasteiger partial charge in [-0.15, -0.1) is 0 Å². The molecular formula is C23H29NO4S. The molecule has 0 radical (unpaired) electrons. The van der Waals surface area contributed by atoms with Gasteiger partial charge in [-0.25, -0.2) is 8.42 Å². The van der Waals surface area contributed by atoms with Gasteiger partial charge in [-0.3, -0.25) is 4.79 Å². The minimum absolute atomic E-state index is 0.0232. The Morgan fingerprint density at radius 1 is 1.07 bits per heavy atom. The largest absolute Gasteiger partial charge is 0.484 e. The molecule has 0 unspecified atom stereocenters. The van der Waals surface area contributed by atoms with E-state index < -0.39 is 9.84 Å². The first-order chi connectivity index (χ1) is 13.8. The first-order valence-corrected chi connectivity index (χ1v) is 11.9. The van der Waals surface area contributed by atoms with Gasteiger partial charge in [0.15, 0.2) is 16.4 Å². The number of sulfone groups is 1. The fraction of sp³-hybridized carbons (Fsp3) is 0.435. The number of benzene rings is 2. The zero-order chi connectivity index (χ0) is 21.0. The lowest BCUT2D eigenvalue weighted by atomic mass is 10.1. The summed E-state index contributed by atoms with van der Waals surface area (Å²) < 4.78 is 29.7. The van der Waals surface area contributed by atoms with Gasteiger partial charge < -0.3 is 9.64 Å². The van der Waals surface area contributed by atoms with Gasteiger partial charge in [-0.2, -0.15) is 0 Å². The summed E-state index contributed by atoms with van der Waals surface area (Å²) in [4.78, 5) is 14.7. The van der Waals surface area contributed by atoms with E-state index in [4.69, 9.17) is 4.74 Å². The maximum Gasteiger partial charge on any atom is 0.261 e. The molecule has 1 amide bonds. The second-order valence-electron chi connectivity index (χ2n) is 7.78. The lowest BCUT2D eigenvalue weighted by Crippen LogP contribution is -2.43. The standard InChI is InChI=1S/C23H29NO4S/c1-4-19-6-8-20(9-7-19)14-24(21-11-12-29(26,27)16-21)23(25)15-28-22-10-5-17(2)18(3)13-22/h5-10,13,21H,4,11-12,14-16H2,1-3H3/t21-/m0/s1. The van der Waals surface area contributed by atoms with Gasteiger partial charge in [0.2, 0.25) is 0 Å². The number of rotatable bonds is 7. The van der Waals surface area contributed by atoms with Crippen molar-refractivity contribution in [3.63, 3.8) is 0 Å². The van der Waals surface area contributed by atoms with E-state index in [0.717, 1.165) is 23.1 Å². The highest BCUT2D eigenvalue weighted by molar-refractivity contribution is 7.91. The fourth-order valence-corrected chi connectivity index (χ4v) is 5.28. The summed E-state index contributed by atoms with van der Waals surface area (Å²) in [6.07, 6.45) is 1.43. The van der Waals surface area contributed by atoms with E-state index in [2.05, 4.69) is 19.1 Å². The minimum atomic E-state index is -3.09. The van der Waals surface area contributed by atoms with Crippen LogP contribution in [0.1, 0.15) is 35.6 Å². The molecule has 0 spiro atoms. The topological polar surface area (TPSA) is 63.7 Å². The number of nitrogens with zero attached hydrogens (tertiary/aromatic N) is 1. The lowest BCUT2D eigenvalue weighted by molar-refractivity contribution is -0.136. The lowest BCUT2D eigenvalue weighted by Gasteiger charge is -2.28. The monoisotopic (exact) mass is 415 g/mol. The molecule has 6 heteroatoms. The first kappa shape index (κ1) is 21.4. The van der Waals surface area contributed by atoms with Gasteiger partial charge in [0, 0.05) is 12.6 Å². The molecule has 0 aromatic heterocycles. The Bertz CT molecular complexity index is 967. The average molecular weight is 416 g/mol.